The number of rotatable bonds is 4. The van der Waals surface area contributed by atoms with Crippen molar-refractivity contribution >= 4 is 48.6 Å². The zero-order valence-electron chi connectivity index (χ0n) is 11.5. The van der Waals surface area contributed by atoms with Crippen molar-refractivity contribution in [3.8, 4) is 0 Å². The predicted octanol–water partition coefficient (Wildman–Crippen LogP) is 2.90. The van der Waals surface area contributed by atoms with Crippen LogP contribution in [-0.2, 0) is 4.74 Å². The summed E-state index contributed by atoms with van der Waals surface area (Å²) in [5.41, 5.74) is 0.919. The van der Waals surface area contributed by atoms with E-state index < -0.39 is 0 Å². The fraction of sp³-hybridized carbons (Fsp3) is 0.429. The number of aromatic nitrogens is 2. The van der Waals surface area contributed by atoms with Gasteiger partial charge in [-0.05, 0) is 28.1 Å². The van der Waals surface area contributed by atoms with E-state index in [4.69, 9.17) is 4.74 Å². The first-order valence-electron chi connectivity index (χ1n) is 6.88. The number of ether oxygens (including phenoxy) is 1. The average molecular weight is 416 g/mol. The van der Waals surface area contributed by atoms with Gasteiger partial charge >= 0.3 is 0 Å². The Morgan fingerprint density at radius 2 is 2.00 bits per heavy atom. The van der Waals surface area contributed by atoms with Crippen LogP contribution < -0.4 is 5.32 Å². The Labute approximate surface area is 140 Å². The molecule has 0 amide bonds. The molecule has 0 saturated carbocycles. The molecule has 5 nitrogen and oxygen atoms in total. The molecule has 0 bridgehead atoms. The smallest absolute Gasteiger partial charge is 0.137 e. The molecule has 21 heavy (non-hydrogen) atoms. The molecular weight excluding hydrogens is 400 g/mol. The van der Waals surface area contributed by atoms with Crippen LogP contribution in [0.1, 0.15) is 0 Å². The summed E-state index contributed by atoms with van der Waals surface area (Å²) >= 11 is 7.06. The number of benzene rings is 1. The molecule has 1 aliphatic heterocycles. The molecule has 1 N–H and O–H groups in total. The molecule has 1 aromatic carbocycles. The first-order valence-corrected chi connectivity index (χ1v) is 8.46. The van der Waals surface area contributed by atoms with Gasteiger partial charge < -0.3 is 10.1 Å². The number of hydrogen-bond acceptors (Lipinski definition) is 5. The molecule has 2 aromatic rings. The maximum atomic E-state index is 5.36. The molecule has 0 radical (unpaired) electrons. The molecule has 0 aliphatic carbocycles. The van der Waals surface area contributed by atoms with Crippen LogP contribution in [0.5, 0.6) is 0 Å². The molecule has 1 saturated heterocycles. The van der Waals surface area contributed by atoms with Crippen LogP contribution >= 0.6 is 31.9 Å². The SMILES string of the molecule is Brc1cc(Br)c2ncnc(NCCN3CCOCC3)c2c1. The summed E-state index contributed by atoms with van der Waals surface area (Å²) in [6.07, 6.45) is 1.60. The zero-order chi connectivity index (χ0) is 14.7. The highest BCUT2D eigenvalue weighted by molar-refractivity contribution is 9.11. The molecule has 3 rings (SSSR count). The van der Waals surface area contributed by atoms with Gasteiger partial charge in [0.1, 0.15) is 12.1 Å². The molecule has 2 heterocycles. The summed E-state index contributed by atoms with van der Waals surface area (Å²) in [4.78, 5) is 11.1. The highest BCUT2D eigenvalue weighted by atomic mass is 79.9. The van der Waals surface area contributed by atoms with E-state index >= 15 is 0 Å². The minimum absolute atomic E-state index is 0.830. The lowest BCUT2D eigenvalue weighted by Crippen LogP contribution is -2.39. The standard InChI is InChI=1S/C14H16Br2N4O/c15-10-7-11-13(12(16)8-10)18-9-19-14(11)17-1-2-20-3-5-21-6-4-20/h7-9H,1-6H2,(H,17,18,19). The van der Waals surface area contributed by atoms with Crippen molar-refractivity contribution in [3.63, 3.8) is 0 Å². The lowest BCUT2D eigenvalue weighted by atomic mass is 10.2. The van der Waals surface area contributed by atoms with Gasteiger partial charge in [0.15, 0.2) is 0 Å². The predicted molar refractivity (Wildman–Crippen MR) is 90.7 cm³/mol. The Morgan fingerprint density at radius 3 is 2.81 bits per heavy atom. The van der Waals surface area contributed by atoms with Crippen LogP contribution in [0.15, 0.2) is 27.4 Å². The summed E-state index contributed by atoms with van der Waals surface area (Å²) in [5, 5.41) is 4.43. The normalized spacial score (nSPS) is 16.3. The van der Waals surface area contributed by atoms with Gasteiger partial charge in [0.25, 0.3) is 0 Å². The van der Waals surface area contributed by atoms with Gasteiger partial charge in [-0.2, -0.15) is 0 Å². The second-order valence-corrected chi connectivity index (χ2v) is 6.66. The average Bonchev–Trinajstić information content (AvgIpc) is 2.49. The monoisotopic (exact) mass is 414 g/mol. The second kappa shape index (κ2) is 7.00. The maximum absolute atomic E-state index is 5.36. The highest BCUT2D eigenvalue weighted by Gasteiger charge is 2.11. The number of fused-ring (bicyclic) bond motifs is 1. The van der Waals surface area contributed by atoms with Crippen molar-refractivity contribution < 1.29 is 4.74 Å². The summed E-state index contributed by atoms with van der Waals surface area (Å²) in [6.45, 7) is 5.51. The van der Waals surface area contributed by atoms with Gasteiger partial charge in [0.05, 0.1) is 18.7 Å². The third-order valence-corrected chi connectivity index (χ3v) is 4.54. The van der Waals surface area contributed by atoms with Gasteiger partial charge in [-0.15, -0.1) is 0 Å². The van der Waals surface area contributed by atoms with E-state index in [1.54, 1.807) is 6.33 Å². The van der Waals surface area contributed by atoms with Crippen LogP contribution in [0.4, 0.5) is 5.82 Å². The van der Waals surface area contributed by atoms with E-state index in [9.17, 15) is 0 Å². The van der Waals surface area contributed by atoms with E-state index in [1.165, 1.54) is 0 Å². The fourth-order valence-corrected chi connectivity index (χ4v) is 3.72. The number of anilines is 1. The van der Waals surface area contributed by atoms with Crippen molar-refractivity contribution in [3.05, 3.63) is 27.4 Å². The quantitative estimate of drug-likeness (QED) is 0.831. The zero-order valence-corrected chi connectivity index (χ0v) is 14.7. The minimum Gasteiger partial charge on any atom is -0.379 e. The maximum Gasteiger partial charge on any atom is 0.137 e. The second-order valence-electron chi connectivity index (χ2n) is 4.89. The van der Waals surface area contributed by atoms with Crippen molar-refractivity contribution in [2.45, 2.75) is 0 Å². The van der Waals surface area contributed by atoms with E-state index in [1.807, 2.05) is 12.1 Å². The number of nitrogens with one attached hydrogen (secondary N) is 1. The molecule has 1 aromatic heterocycles. The van der Waals surface area contributed by atoms with Crippen molar-refractivity contribution in [2.75, 3.05) is 44.7 Å². The van der Waals surface area contributed by atoms with E-state index in [0.29, 0.717) is 0 Å². The van der Waals surface area contributed by atoms with E-state index in [-0.39, 0.29) is 0 Å². The van der Waals surface area contributed by atoms with E-state index in [2.05, 4.69) is 52.0 Å². The largest absolute Gasteiger partial charge is 0.379 e. The number of halogens is 2. The van der Waals surface area contributed by atoms with Gasteiger partial charge in [-0.1, -0.05) is 15.9 Å². The van der Waals surface area contributed by atoms with Crippen molar-refractivity contribution in [2.24, 2.45) is 0 Å². The number of morpholine rings is 1. The van der Waals surface area contributed by atoms with Crippen LogP contribution in [0.2, 0.25) is 0 Å². The Kier molecular flexibility index (Phi) is 5.05. The molecule has 0 atom stereocenters. The minimum atomic E-state index is 0.830. The summed E-state index contributed by atoms with van der Waals surface area (Å²) in [6, 6.07) is 4.03. The molecule has 0 spiro atoms. The summed E-state index contributed by atoms with van der Waals surface area (Å²) < 4.78 is 7.33. The van der Waals surface area contributed by atoms with Gasteiger partial charge in [0, 0.05) is 40.5 Å². The van der Waals surface area contributed by atoms with Gasteiger partial charge in [-0.25, -0.2) is 9.97 Å². The Bertz CT molecular complexity index is 632. The fourth-order valence-electron chi connectivity index (χ4n) is 2.39. The summed E-state index contributed by atoms with van der Waals surface area (Å²) in [5.74, 6) is 0.871. The molecule has 7 heteroatoms. The topological polar surface area (TPSA) is 50.3 Å². The van der Waals surface area contributed by atoms with Crippen LogP contribution in [-0.4, -0.2) is 54.3 Å². The molecule has 0 unspecified atom stereocenters. The Morgan fingerprint density at radius 1 is 1.19 bits per heavy atom. The van der Waals surface area contributed by atoms with Gasteiger partial charge in [0.2, 0.25) is 0 Å². The Balaban J connectivity index is 1.71. The lowest BCUT2D eigenvalue weighted by molar-refractivity contribution is 0.0398. The van der Waals surface area contributed by atoms with Crippen LogP contribution in [0.25, 0.3) is 10.9 Å². The van der Waals surface area contributed by atoms with E-state index in [0.717, 1.165) is 65.1 Å². The third kappa shape index (κ3) is 3.71. The summed E-state index contributed by atoms with van der Waals surface area (Å²) in [7, 11) is 0. The molecule has 1 aliphatic rings. The van der Waals surface area contributed by atoms with Crippen LogP contribution in [0, 0.1) is 0 Å². The number of hydrogen-bond donors (Lipinski definition) is 1. The Hall–Kier alpha value is -0.760. The van der Waals surface area contributed by atoms with Crippen LogP contribution in [0.3, 0.4) is 0 Å². The molecule has 112 valence electrons. The molecular formula is C14H16Br2N4O. The first-order chi connectivity index (χ1) is 10.2. The highest BCUT2D eigenvalue weighted by Crippen LogP contribution is 2.30. The third-order valence-electron chi connectivity index (χ3n) is 3.48. The number of nitrogens with zero attached hydrogens (tertiary/aromatic N) is 3. The van der Waals surface area contributed by atoms with Crippen molar-refractivity contribution in [1.82, 2.24) is 14.9 Å². The first kappa shape index (κ1) is 15.1. The van der Waals surface area contributed by atoms with Crippen molar-refractivity contribution in [1.29, 1.82) is 0 Å². The molecule has 1 fully saturated rings. The lowest BCUT2D eigenvalue weighted by Gasteiger charge is -2.26. The van der Waals surface area contributed by atoms with Gasteiger partial charge in [-0.3, -0.25) is 4.90 Å².